The highest BCUT2D eigenvalue weighted by Crippen LogP contribution is 2.23. The molecule has 26 heavy (non-hydrogen) atoms. The molecule has 0 aliphatic heterocycles. The van der Waals surface area contributed by atoms with Crippen LogP contribution in [0.25, 0.3) is 10.9 Å². The molecule has 138 valence electrons. The van der Waals surface area contributed by atoms with E-state index in [0.29, 0.717) is 23.4 Å². The number of hydrogen-bond donors (Lipinski definition) is 1. The van der Waals surface area contributed by atoms with Crippen molar-refractivity contribution in [3.8, 4) is 0 Å². The highest BCUT2D eigenvalue weighted by Gasteiger charge is 2.16. The van der Waals surface area contributed by atoms with Crippen molar-refractivity contribution < 1.29 is 8.78 Å². The number of aromatic amines is 1. The van der Waals surface area contributed by atoms with Crippen LogP contribution in [0.5, 0.6) is 0 Å². The second-order valence-corrected chi connectivity index (χ2v) is 7.41. The van der Waals surface area contributed by atoms with Crippen LogP contribution < -0.4 is 5.56 Å². The molecule has 0 amide bonds. The molecule has 1 N–H and O–H groups in total. The first-order valence-electron chi connectivity index (χ1n) is 8.82. The van der Waals surface area contributed by atoms with Crippen LogP contribution in [0, 0.1) is 17.6 Å². The predicted molar refractivity (Wildman–Crippen MR) is 98.4 cm³/mol. The molecule has 6 heteroatoms. The molecule has 0 atom stereocenters. The van der Waals surface area contributed by atoms with E-state index in [9.17, 15) is 13.6 Å². The predicted octanol–water partition coefficient (Wildman–Crippen LogP) is 4.37. The van der Waals surface area contributed by atoms with Crippen molar-refractivity contribution >= 4 is 10.9 Å². The van der Waals surface area contributed by atoms with Crippen LogP contribution in [0.15, 0.2) is 29.2 Å². The summed E-state index contributed by atoms with van der Waals surface area (Å²) in [7, 11) is 0. The van der Waals surface area contributed by atoms with Gasteiger partial charge in [0.05, 0.1) is 11.2 Å². The lowest BCUT2D eigenvalue weighted by Crippen LogP contribution is -2.12. The maximum absolute atomic E-state index is 14.1. The Balaban J connectivity index is 2.12. The third kappa shape index (κ3) is 3.54. The summed E-state index contributed by atoms with van der Waals surface area (Å²) in [6, 6.07) is 4.03. The summed E-state index contributed by atoms with van der Waals surface area (Å²) in [5, 5.41) is 0.499. The third-order valence-corrected chi connectivity index (χ3v) is 4.40. The molecule has 0 unspecified atom stereocenters. The van der Waals surface area contributed by atoms with Gasteiger partial charge in [-0.25, -0.2) is 13.8 Å². The number of imidazole rings is 1. The number of halogens is 2. The van der Waals surface area contributed by atoms with Gasteiger partial charge in [0, 0.05) is 30.6 Å². The molecule has 0 aliphatic rings. The van der Waals surface area contributed by atoms with Crippen LogP contribution in [0.4, 0.5) is 8.78 Å². The van der Waals surface area contributed by atoms with E-state index in [-0.39, 0.29) is 11.4 Å². The Labute approximate surface area is 150 Å². The minimum atomic E-state index is -1.03. The smallest absolute Gasteiger partial charge is 0.248 e. The molecule has 4 nitrogen and oxygen atoms in total. The highest BCUT2D eigenvalue weighted by molar-refractivity contribution is 5.82. The monoisotopic (exact) mass is 359 g/mol. The summed E-state index contributed by atoms with van der Waals surface area (Å²) in [4.78, 5) is 19.1. The van der Waals surface area contributed by atoms with Gasteiger partial charge in [0.2, 0.25) is 5.56 Å². The lowest BCUT2D eigenvalue weighted by molar-refractivity contribution is 0.515. The van der Waals surface area contributed by atoms with E-state index in [1.54, 1.807) is 0 Å². The van der Waals surface area contributed by atoms with Crippen LogP contribution in [-0.2, 0) is 13.0 Å². The molecule has 1 aromatic carbocycles. The molecule has 3 rings (SSSR count). The number of aromatic nitrogens is 3. The maximum Gasteiger partial charge on any atom is 0.248 e. The number of rotatable bonds is 5. The summed E-state index contributed by atoms with van der Waals surface area (Å²) in [5.41, 5.74) is 1.07. The lowest BCUT2D eigenvalue weighted by atomic mass is 10.1. The first-order chi connectivity index (χ1) is 12.3. The van der Waals surface area contributed by atoms with Crippen LogP contribution >= 0.6 is 0 Å². The number of pyridine rings is 1. The SMILES string of the molecule is CC(C)Cc1nc(C(C)C)cn1Cc1cc(=O)[nH]c2c(F)c(F)ccc12. The fourth-order valence-electron chi connectivity index (χ4n) is 3.07. The van der Waals surface area contributed by atoms with E-state index in [1.165, 1.54) is 12.1 Å². The molecule has 0 saturated heterocycles. The molecule has 0 aliphatic carbocycles. The van der Waals surface area contributed by atoms with Crippen LogP contribution in [0.2, 0.25) is 0 Å². The van der Waals surface area contributed by atoms with E-state index in [1.807, 2.05) is 10.8 Å². The lowest BCUT2D eigenvalue weighted by Gasteiger charge is -2.12. The van der Waals surface area contributed by atoms with Gasteiger partial charge in [0.25, 0.3) is 0 Å². The van der Waals surface area contributed by atoms with E-state index in [4.69, 9.17) is 4.98 Å². The summed E-state index contributed by atoms with van der Waals surface area (Å²) >= 11 is 0. The first kappa shape index (κ1) is 18.3. The number of nitrogens with zero attached hydrogens (tertiary/aromatic N) is 2. The van der Waals surface area contributed by atoms with Gasteiger partial charge in [-0.05, 0) is 29.5 Å². The summed E-state index contributed by atoms with van der Waals surface area (Å²) in [6.07, 6.45) is 2.78. The average Bonchev–Trinajstić information content (AvgIpc) is 2.93. The molecule has 0 spiro atoms. The van der Waals surface area contributed by atoms with E-state index in [2.05, 4.69) is 32.7 Å². The molecule has 3 aromatic rings. The van der Waals surface area contributed by atoms with E-state index in [0.717, 1.165) is 24.0 Å². The second kappa shape index (κ2) is 7.02. The van der Waals surface area contributed by atoms with Crippen molar-refractivity contribution in [2.75, 3.05) is 0 Å². The highest BCUT2D eigenvalue weighted by atomic mass is 19.2. The molecular formula is C20H23F2N3O. The normalized spacial score (nSPS) is 11.8. The zero-order chi connectivity index (χ0) is 19.0. The molecule has 0 saturated carbocycles. The summed E-state index contributed by atoms with van der Waals surface area (Å²) in [6.45, 7) is 8.77. The van der Waals surface area contributed by atoms with Crippen LogP contribution in [0.3, 0.4) is 0 Å². The number of H-pyrrole nitrogens is 1. The minimum Gasteiger partial charge on any atom is -0.330 e. The Morgan fingerprint density at radius 3 is 2.58 bits per heavy atom. The maximum atomic E-state index is 14.1. The quantitative estimate of drug-likeness (QED) is 0.735. The van der Waals surface area contributed by atoms with Gasteiger partial charge in [0.1, 0.15) is 5.82 Å². The van der Waals surface area contributed by atoms with Gasteiger partial charge < -0.3 is 9.55 Å². The van der Waals surface area contributed by atoms with Crippen molar-refractivity contribution in [3.63, 3.8) is 0 Å². The molecule has 0 radical (unpaired) electrons. The minimum absolute atomic E-state index is 0.0953. The van der Waals surface area contributed by atoms with E-state index < -0.39 is 17.2 Å². The number of hydrogen-bond acceptors (Lipinski definition) is 2. The molecule has 2 aromatic heterocycles. The fourth-order valence-corrected chi connectivity index (χ4v) is 3.07. The summed E-state index contributed by atoms with van der Waals surface area (Å²) < 4.78 is 29.6. The average molecular weight is 359 g/mol. The molecule has 0 bridgehead atoms. The van der Waals surface area contributed by atoms with Crippen LogP contribution in [-0.4, -0.2) is 14.5 Å². The van der Waals surface area contributed by atoms with Gasteiger partial charge in [0.15, 0.2) is 11.6 Å². The zero-order valence-corrected chi connectivity index (χ0v) is 15.4. The standard InChI is InChI=1S/C20H23F2N3O/c1-11(2)7-17-23-16(12(3)4)10-25(17)9-13-8-18(26)24-20-14(13)5-6-15(21)19(20)22/h5-6,8,10-12H,7,9H2,1-4H3,(H,24,26). The van der Waals surface area contributed by atoms with E-state index >= 15 is 0 Å². The molecule has 2 heterocycles. The Morgan fingerprint density at radius 2 is 1.92 bits per heavy atom. The number of fused-ring (bicyclic) bond motifs is 1. The Kier molecular flexibility index (Phi) is 4.94. The zero-order valence-electron chi connectivity index (χ0n) is 15.4. The fraction of sp³-hybridized carbons (Fsp3) is 0.400. The van der Waals surface area contributed by atoms with Crippen molar-refractivity contribution in [3.05, 3.63) is 63.5 Å². The largest absolute Gasteiger partial charge is 0.330 e. The van der Waals surface area contributed by atoms with Gasteiger partial charge in [-0.2, -0.15) is 0 Å². The van der Waals surface area contributed by atoms with Gasteiger partial charge >= 0.3 is 0 Å². The Morgan fingerprint density at radius 1 is 1.19 bits per heavy atom. The first-order valence-corrected chi connectivity index (χ1v) is 8.82. The van der Waals surface area contributed by atoms with Crippen molar-refractivity contribution in [2.24, 2.45) is 5.92 Å². The Bertz CT molecular complexity index is 1000. The third-order valence-electron chi connectivity index (χ3n) is 4.40. The molecule has 0 fully saturated rings. The van der Waals surface area contributed by atoms with Crippen molar-refractivity contribution in [1.29, 1.82) is 0 Å². The van der Waals surface area contributed by atoms with Gasteiger partial charge in [-0.15, -0.1) is 0 Å². The second-order valence-electron chi connectivity index (χ2n) is 7.41. The van der Waals surface area contributed by atoms with Crippen molar-refractivity contribution in [1.82, 2.24) is 14.5 Å². The molecular weight excluding hydrogens is 336 g/mol. The summed E-state index contributed by atoms with van der Waals surface area (Å²) in [5.74, 6) is -0.365. The van der Waals surface area contributed by atoms with Crippen molar-refractivity contribution in [2.45, 2.75) is 46.6 Å². The van der Waals surface area contributed by atoms with Gasteiger partial charge in [-0.1, -0.05) is 27.7 Å². The number of benzene rings is 1. The topological polar surface area (TPSA) is 50.7 Å². The van der Waals surface area contributed by atoms with Gasteiger partial charge in [-0.3, -0.25) is 4.79 Å². The van der Waals surface area contributed by atoms with Crippen LogP contribution in [0.1, 0.15) is 50.7 Å². The number of nitrogens with one attached hydrogen (secondary N) is 1. The Hall–Kier alpha value is -2.50.